The zero-order valence-corrected chi connectivity index (χ0v) is 37.1. The number of anilines is 12. The Morgan fingerprint density at radius 1 is 0.319 bits per heavy atom. The average molecular weight is 892 g/mol. The third kappa shape index (κ3) is 7.15. The molecule has 328 valence electrons. The molecular formula is C61H41N5O3. The second kappa shape index (κ2) is 16.7. The number of benzene rings is 10. The number of rotatable bonds is 9. The second-order valence-electron chi connectivity index (χ2n) is 16.8. The van der Waals surface area contributed by atoms with Gasteiger partial charge in [0, 0.05) is 57.1 Å². The van der Waals surface area contributed by atoms with Crippen molar-refractivity contribution < 1.29 is 13.9 Å². The van der Waals surface area contributed by atoms with E-state index in [1.54, 1.807) is 0 Å². The zero-order valence-electron chi connectivity index (χ0n) is 37.1. The van der Waals surface area contributed by atoms with Crippen LogP contribution in [-0.4, -0.2) is 4.98 Å². The number of nitrogens with zero attached hydrogens (tertiary/aromatic N) is 5. The molecule has 0 fully saturated rings. The minimum absolute atomic E-state index is 0.553. The third-order valence-corrected chi connectivity index (χ3v) is 12.6. The Bertz CT molecular complexity index is 3540. The number of ether oxygens (including phenoxy) is 2. The van der Waals surface area contributed by atoms with Gasteiger partial charge in [-0.2, -0.15) is 0 Å². The molecule has 0 N–H and O–H groups in total. The predicted molar refractivity (Wildman–Crippen MR) is 278 cm³/mol. The van der Waals surface area contributed by atoms with Crippen LogP contribution < -0.4 is 29.1 Å². The van der Waals surface area contributed by atoms with Gasteiger partial charge in [-0.25, -0.2) is 4.98 Å². The van der Waals surface area contributed by atoms with Crippen LogP contribution in [0.15, 0.2) is 253 Å². The Morgan fingerprint density at radius 2 is 0.667 bits per heavy atom. The van der Waals surface area contributed by atoms with Crippen LogP contribution in [0.4, 0.5) is 68.2 Å². The van der Waals surface area contributed by atoms with Crippen LogP contribution in [0.25, 0.3) is 22.6 Å². The van der Waals surface area contributed by atoms with Crippen molar-refractivity contribution in [3.8, 4) is 34.5 Å². The first-order chi connectivity index (χ1) is 34.2. The maximum absolute atomic E-state index is 6.59. The minimum Gasteiger partial charge on any atom is -0.453 e. The number of para-hydroxylation sites is 10. The molecule has 3 heterocycles. The van der Waals surface area contributed by atoms with Crippen LogP contribution in [0.3, 0.4) is 0 Å². The van der Waals surface area contributed by atoms with Crippen LogP contribution in [0.1, 0.15) is 0 Å². The lowest BCUT2D eigenvalue weighted by Crippen LogP contribution is -2.16. The average Bonchev–Trinajstić information content (AvgIpc) is 3.85. The van der Waals surface area contributed by atoms with Gasteiger partial charge in [0.25, 0.3) is 0 Å². The molecule has 1 aromatic heterocycles. The summed E-state index contributed by atoms with van der Waals surface area (Å²) in [7, 11) is 0. The molecule has 8 heteroatoms. The van der Waals surface area contributed by atoms with Crippen molar-refractivity contribution >= 4 is 79.3 Å². The molecule has 0 bridgehead atoms. The van der Waals surface area contributed by atoms with Crippen molar-refractivity contribution in [1.82, 2.24) is 4.98 Å². The van der Waals surface area contributed by atoms with Crippen LogP contribution in [0, 0.1) is 0 Å². The highest BCUT2D eigenvalue weighted by molar-refractivity contribution is 5.90. The number of fused-ring (bicyclic) bond motifs is 5. The summed E-state index contributed by atoms with van der Waals surface area (Å²) in [6.07, 6.45) is 0. The maximum atomic E-state index is 6.59. The Labute approximate surface area is 399 Å². The standard InChI is InChI=1S/C61H41N5O3/c1-3-15-43(16-4-1)63(46-31-35-48(36-32-46)65-52-19-7-11-23-56(52)67-57-24-12-8-20-53(57)65)45-29-27-42(28-30-45)61-62-51-40-39-50(41-60(51)69-61)64(44-17-5-2-6-18-44)47-33-37-49(38-34-47)66-54-21-9-13-25-58(54)68-59-26-14-10-22-55(59)66/h1-41H. The van der Waals surface area contributed by atoms with E-state index in [0.29, 0.717) is 11.5 Å². The summed E-state index contributed by atoms with van der Waals surface area (Å²) in [6.45, 7) is 0. The van der Waals surface area contributed by atoms with Gasteiger partial charge < -0.3 is 33.5 Å². The van der Waals surface area contributed by atoms with Crippen LogP contribution in [0.2, 0.25) is 0 Å². The molecule has 0 saturated carbocycles. The van der Waals surface area contributed by atoms with Crippen molar-refractivity contribution in [2.24, 2.45) is 0 Å². The van der Waals surface area contributed by atoms with E-state index in [2.05, 4.69) is 177 Å². The lowest BCUT2D eigenvalue weighted by atomic mass is 10.1. The van der Waals surface area contributed by atoms with Gasteiger partial charge in [-0.3, -0.25) is 0 Å². The van der Waals surface area contributed by atoms with Crippen LogP contribution in [0.5, 0.6) is 23.0 Å². The monoisotopic (exact) mass is 891 g/mol. The summed E-state index contributed by atoms with van der Waals surface area (Å²) in [6, 6.07) is 85.4. The molecule has 11 aromatic rings. The molecule has 0 amide bonds. The summed E-state index contributed by atoms with van der Waals surface area (Å²) < 4.78 is 19.2. The highest BCUT2D eigenvalue weighted by Crippen LogP contribution is 2.52. The van der Waals surface area contributed by atoms with Crippen molar-refractivity contribution in [3.63, 3.8) is 0 Å². The zero-order chi connectivity index (χ0) is 45.7. The second-order valence-corrected chi connectivity index (χ2v) is 16.8. The highest BCUT2D eigenvalue weighted by atomic mass is 16.5. The highest BCUT2D eigenvalue weighted by Gasteiger charge is 2.27. The quantitative estimate of drug-likeness (QED) is 0.142. The molecule has 0 atom stereocenters. The van der Waals surface area contributed by atoms with Gasteiger partial charge in [0.15, 0.2) is 28.6 Å². The molecule has 2 aliphatic heterocycles. The summed E-state index contributed by atoms with van der Waals surface area (Å²) in [5.74, 6) is 3.84. The summed E-state index contributed by atoms with van der Waals surface area (Å²) in [4.78, 5) is 14.0. The molecule has 13 rings (SSSR count). The van der Waals surface area contributed by atoms with Crippen molar-refractivity contribution in [3.05, 3.63) is 249 Å². The fourth-order valence-corrected chi connectivity index (χ4v) is 9.44. The largest absolute Gasteiger partial charge is 0.453 e. The first kappa shape index (κ1) is 39.8. The Hall–Kier alpha value is -9.53. The summed E-state index contributed by atoms with van der Waals surface area (Å²) in [5.41, 5.74) is 14.5. The van der Waals surface area contributed by atoms with Crippen molar-refractivity contribution in [2.75, 3.05) is 19.6 Å². The lowest BCUT2D eigenvalue weighted by Gasteiger charge is -2.33. The Kier molecular flexibility index (Phi) is 9.65. The van der Waals surface area contributed by atoms with E-state index >= 15 is 0 Å². The van der Waals surface area contributed by atoms with Gasteiger partial charge in [0.05, 0.1) is 22.7 Å². The van der Waals surface area contributed by atoms with E-state index < -0.39 is 0 Å². The predicted octanol–water partition coefficient (Wildman–Crippen LogP) is 17.6. The van der Waals surface area contributed by atoms with Gasteiger partial charge in [-0.1, -0.05) is 84.9 Å². The fraction of sp³-hybridized carbons (Fsp3) is 0. The fourth-order valence-electron chi connectivity index (χ4n) is 9.44. The molecule has 69 heavy (non-hydrogen) atoms. The SMILES string of the molecule is c1ccc(N(c2ccc(-c3nc4ccc(N(c5ccccc5)c5ccc(N6c7ccccc7Oc7ccccc76)cc5)cc4o3)cc2)c2ccc(N3c4ccccc4Oc4ccccc43)cc2)cc1. The smallest absolute Gasteiger partial charge is 0.227 e. The van der Waals surface area contributed by atoms with Crippen LogP contribution >= 0.6 is 0 Å². The molecule has 0 radical (unpaired) electrons. The normalized spacial score (nSPS) is 12.2. The molecule has 2 aliphatic rings. The minimum atomic E-state index is 0.553. The van der Waals surface area contributed by atoms with E-state index in [4.69, 9.17) is 18.9 Å². The number of hydrogen-bond acceptors (Lipinski definition) is 8. The van der Waals surface area contributed by atoms with Crippen molar-refractivity contribution in [2.45, 2.75) is 0 Å². The van der Waals surface area contributed by atoms with Gasteiger partial charge in [-0.15, -0.1) is 0 Å². The van der Waals surface area contributed by atoms with E-state index in [-0.39, 0.29) is 0 Å². The van der Waals surface area contributed by atoms with Crippen LogP contribution in [-0.2, 0) is 0 Å². The molecule has 0 unspecified atom stereocenters. The first-order valence-corrected chi connectivity index (χ1v) is 22.9. The molecule has 8 nitrogen and oxygen atoms in total. The van der Waals surface area contributed by atoms with E-state index in [9.17, 15) is 0 Å². The van der Waals surface area contributed by atoms with Gasteiger partial charge in [0.2, 0.25) is 5.89 Å². The van der Waals surface area contributed by atoms with Gasteiger partial charge in [0.1, 0.15) is 5.52 Å². The summed E-state index contributed by atoms with van der Waals surface area (Å²) in [5, 5.41) is 0. The number of hydrogen-bond donors (Lipinski definition) is 0. The summed E-state index contributed by atoms with van der Waals surface area (Å²) >= 11 is 0. The van der Waals surface area contributed by atoms with Crippen molar-refractivity contribution in [1.29, 1.82) is 0 Å². The topological polar surface area (TPSA) is 57.5 Å². The van der Waals surface area contributed by atoms with E-state index in [1.165, 1.54) is 0 Å². The van der Waals surface area contributed by atoms with E-state index in [1.807, 2.05) is 91.0 Å². The lowest BCUT2D eigenvalue weighted by molar-refractivity contribution is 0.477. The molecule has 0 aliphatic carbocycles. The van der Waals surface area contributed by atoms with Gasteiger partial charge >= 0.3 is 0 Å². The Balaban J connectivity index is 0.806. The van der Waals surface area contributed by atoms with Gasteiger partial charge in [-0.05, 0) is 158 Å². The molecule has 10 aromatic carbocycles. The Morgan fingerprint density at radius 3 is 1.10 bits per heavy atom. The number of aromatic nitrogens is 1. The molecule has 0 saturated heterocycles. The third-order valence-electron chi connectivity index (χ3n) is 12.6. The molecular weight excluding hydrogens is 851 g/mol. The number of oxazole rings is 1. The van der Waals surface area contributed by atoms with E-state index in [0.717, 1.165) is 102 Å². The maximum Gasteiger partial charge on any atom is 0.227 e. The molecule has 0 spiro atoms. The first-order valence-electron chi connectivity index (χ1n) is 22.9.